The molecule has 4 heteroatoms. The highest BCUT2D eigenvalue weighted by atomic mass is 16.5. The lowest BCUT2D eigenvalue weighted by Crippen LogP contribution is -2.15. The van der Waals surface area contributed by atoms with Gasteiger partial charge in [0.15, 0.2) is 0 Å². The Morgan fingerprint density at radius 2 is 2.47 bits per heavy atom. The van der Waals surface area contributed by atoms with Gasteiger partial charge in [-0.1, -0.05) is 0 Å². The zero-order valence-electron chi connectivity index (χ0n) is 8.47. The highest BCUT2D eigenvalue weighted by molar-refractivity contribution is 5.72. The van der Waals surface area contributed by atoms with Crippen molar-refractivity contribution in [3.8, 4) is 0 Å². The Morgan fingerprint density at radius 1 is 1.47 bits per heavy atom. The van der Waals surface area contributed by atoms with Crippen LogP contribution in [0.1, 0.15) is 12.8 Å². The summed E-state index contributed by atoms with van der Waals surface area (Å²) in [6.07, 6.45) is 6.42. The standard InChI is InChI=1S/C11H13N3O/c1-4-10-11(12-5-1)8-14(13-10)7-9-3-2-6-15-9/h1,4-5,8-9H,2-3,6-7H2. The Morgan fingerprint density at radius 3 is 3.27 bits per heavy atom. The van der Waals surface area contributed by atoms with Crippen LogP contribution in [0.5, 0.6) is 0 Å². The lowest BCUT2D eigenvalue weighted by atomic mass is 10.2. The summed E-state index contributed by atoms with van der Waals surface area (Å²) in [5.74, 6) is 0. The molecule has 2 aromatic heterocycles. The summed E-state index contributed by atoms with van der Waals surface area (Å²) in [7, 11) is 0. The van der Waals surface area contributed by atoms with E-state index in [0.717, 1.165) is 30.6 Å². The van der Waals surface area contributed by atoms with Crippen LogP contribution in [0.3, 0.4) is 0 Å². The van der Waals surface area contributed by atoms with E-state index in [9.17, 15) is 0 Å². The molecule has 0 radical (unpaired) electrons. The Balaban J connectivity index is 1.84. The van der Waals surface area contributed by atoms with Crippen molar-refractivity contribution in [2.45, 2.75) is 25.5 Å². The number of pyridine rings is 1. The number of aromatic nitrogens is 3. The quantitative estimate of drug-likeness (QED) is 0.744. The van der Waals surface area contributed by atoms with Crippen LogP contribution in [0.2, 0.25) is 0 Å². The van der Waals surface area contributed by atoms with Crippen molar-refractivity contribution in [1.82, 2.24) is 14.8 Å². The Hall–Kier alpha value is -1.42. The first kappa shape index (κ1) is 8.85. The fourth-order valence-electron chi connectivity index (χ4n) is 1.99. The van der Waals surface area contributed by atoms with E-state index in [1.54, 1.807) is 6.20 Å². The van der Waals surface area contributed by atoms with Crippen LogP contribution in [0, 0.1) is 0 Å². The summed E-state index contributed by atoms with van der Waals surface area (Å²) in [5.41, 5.74) is 1.91. The number of hydrogen-bond donors (Lipinski definition) is 0. The van der Waals surface area contributed by atoms with Crippen molar-refractivity contribution >= 4 is 11.0 Å². The van der Waals surface area contributed by atoms with E-state index >= 15 is 0 Å². The molecule has 1 aliphatic rings. The summed E-state index contributed by atoms with van der Waals surface area (Å²) in [5, 5.41) is 4.45. The fourth-order valence-corrected chi connectivity index (χ4v) is 1.99. The molecule has 0 bridgehead atoms. The first-order valence-electron chi connectivity index (χ1n) is 5.31. The zero-order valence-corrected chi connectivity index (χ0v) is 8.47. The van der Waals surface area contributed by atoms with Gasteiger partial charge in [-0.05, 0) is 25.0 Å². The summed E-state index contributed by atoms with van der Waals surface area (Å²) >= 11 is 0. The van der Waals surface area contributed by atoms with Gasteiger partial charge in [0.2, 0.25) is 0 Å². The van der Waals surface area contributed by atoms with E-state index in [-0.39, 0.29) is 0 Å². The second-order valence-electron chi connectivity index (χ2n) is 3.89. The molecule has 1 atom stereocenters. The molecule has 0 aromatic carbocycles. The third-order valence-corrected chi connectivity index (χ3v) is 2.74. The molecule has 0 saturated carbocycles. The van der Waals surface area contributed by atoms with E-state index in [1.165, 1.54) is 6.42 Å². The molecule has 1 aliphatic heterocycles. The first-order valence-corrected chi connectivity index (χ1v) is 5.31. The number of fused-ring (bicyclic) bond motifs is 1. The fraction of sp³-hybridized carbons (Fsp3) is 0.455. The summed E-state index contributed by atoms with van der Waals surface area (Å²) in [6, 6.07) is 3.89. The average Bonchev–Trinajstić information content (AvgIpc) is 2.86. The van der Waals surface area contributed by atoms with E-state index in [0.29, 0.717) is 6.10 Å². The molecule has 3 rings (SSSR count). The van der Waals surface area contributed by atoms with Gasteiger partial charge in [0.1, 0.15) is 11.0 Å². The molecule has 0 amide bonds. The minimum absolute atomic E-state index is 0.333. The predicted octanol–water partition coefficient (Wildman–Crippen LogP) is 1.61. The van der Waals surface area contributed by atoms with Crippen molar-refractivity contribution in [3.63, 3.8) is 0 Å². The van der Waals surface area contributed by atoms with Crippen LogP contribution < -0.4 is 0 Å². The Bertz CT molecular complexity index is 427. The lowest BCUT2D eigenvalue weighted by molar-refractivity contribution is 0.0942. The molecule has 4 nitrogen and oxygen atoms in total. The topological polar surface area (TPSA) is 39.9 Å². The van der Waals surface area contributed by atoms with Gasteiger partial charge in [-0.2, -0.15) is 5.10 Å². The van der Waals surface area contributed by atoms with E-state index in [4.69, 9.17) is 4.74 Å². The van der Waals surface area contributed by atoms with Crippen LogP contribution in [0.15, 0.2) is 24.5 Å². The molecule has 1 unspecified atom stereocenters. The molecule has 78 valence electrons. The Kier molecular flexibility index (Phi) is 2.14. The molecule has 0 spiro atoms. The maximum absolute atomic E-state index is 5.57. The second kappa shape index (κ2) is 3.62. The van der Waals surface area contributed by atoms with Crippen molar-refractivity contribution in [2.24, 2.45) is 0 Å². The first-order chi connectivity index (χ1) is 7.42. The Labute approximate surface area is 87.9 Å². The van der Waals surface area contributed by atoms with Gasteiger partial charge in [0.05, 0.1) is 18.8 Å². The molecule has 1 fully saturated rings. The molecule has 0 aliphatic carbocycles. The van der Waals surface area contributed by atoms with Crippen LogP contribution in [0.25, 0.3) is 11.0 Å². The molecular weight excluding hydrogens is 190 g/mol. The molecule has 0 N–H and O–H groups in total. The largest absolute Gasteiger partial charge is 0.376 e. The van der Waals surface area contributed by atoms with Crippen LogP contribution in [-0.2, 0) is 11.3 Å². The lowest BCUT2D eigenvalue weighted by Gasteiger charge is -2.08. The number of ether oxygens (including phenoxy) is 1. The smallest absolute Gasteiger partial charge is 0.111 e. The van der Waals surface area contributed by atoms with Crippen LogP contribution in [-0.4, -0.2) is 27.5 Å². The maximum Gasteiger partial charge on any atom is 0.111 e. The van der Waals surface area contributed by atoms with Gasteiger partial charge in [0, 0.05) is 12.8 Å². The van der Waals surface area contributed by atoms with Gasteiger partial charge >= 0.3 is 0 Å². The number of nitrogens with zero attached hydrogens (tertiary/aromatic N) is 3. The van der Waals surface area contributed by atoms with Crippen LogP contribution >= 0.6 is 0 Å². The number of hydrogen-bond acceptors (Lipinski definition) is 3. The van der Waals surface area contributed by atoms with E-state index in [2.05, 4.69) is 10.1 Å². The van der Waals surface area contributed by atoms with E-state index in [1.807, 2.05) is 23.0 Å². The molecule has 1 saturated heterocycles. The average molecular weight is 203 g/mol. The summed E-state index contributed by atoms with van der Waals surface area (Å²) < 4.78 is 7.51. The maximum atomic E-state index is 5.57. The third-order valence-electron chi connectivity index (χ3n) is 2.74. The minimum atomic E-state index is 0.333. The summed E-state index contributed by atoms with van der Waals surface area (Å²) in [6.45, 7) is 1.74. The second-order valence-corrected chi connectivity index (χ2v) is 3.89. The molecule has 2 aromatic rings. The van der Waals surface area contributed by atoms with Crippen molar-refractivity contribution in [1.29, 1.82) is 0 Å². The third kappa shape index (κ3) is 1.72. The normalized spacial score (nSPS) is 21.2. The van der Waals surface area contributed by atoms with Gasteiger partial charge < -0.3 is 4.74 Å². The van der Waals surface area contributed by atoms with E-state index < -0.39 is 0 Å². The highest BCUT2D eigenvalue weighted by Gasteiger charge is 2.16. The molecular formula is C11H13N3O. The van der Waals surface area contributed by atoms with Gasteiger partial charge in [-0.3, -0.25) is 9.67 Å². The molecule has 15 heavy (non-hydrogen) atoms. The van der Waals surface area contributed by atoms with Crippen LogP contribution in [0.4, 0.5) is 0 Å². The van der Waals surface area contributed by atoms with Crippen molar-refractivity contribution in [2.75, 3.05) is 6.61 Å². The monoisotopic (exact) mass is 203 g/mol. The SMILES string of the molecule is c1cnc2cn(CC3CCCO3)nc2c1. The minimum Gasteiger partial charge on any atom is -0.376 e. The van der Waals surface area contributed by atoms with Crippen molar-refractivity contribution < 1.29 is 4.74 Å². The zero-order chi connectivity index (χ0) is 10.1. The predicted molar refractivity (Wildman–Crippen MR) is 56.5 cm³/mol. The molecule has 3 heterocycles. The number of rotatable bonds is 2. The highest BCUT2D eigenvalue weighted by Crippen LogP contribution is 2.15. The van der Waals surface area contributed by atoms with Gasteiger partial charge in [-0.15, -0.1) is 0 Å². The summed E-state index contributed by atoms with van der Waals surface area (Å²) in [4.78, 5) is 4.25. The van der Waals surface area contributed by atoms with Gasteiger partial charge in [-0.25, -0.2) is 0 Å². The van der Waals surface area contributed by atoms with Gasteiger partial charge in [0.25, 0.3) is 0 Å². The van der Waals surface area contributed by atoms with Crippen molar-refractivity contribution in [3.05, 3.63) is 24.5 Å².